The zero-order valence-electron chi connectivity index (χ0n) is 14.1. The lowest BCUT2D eigenvalue weighted by molar-refractivity contribution is 0.390. The average molecular weight is 360 g/mol. The predicted octanol–water partition coefficient (Wildman–Crippen LogP) is 2.52. The van der Waals surface area contributed by atoms with E-state index in [1.807, 2.05) is 41.1 Å². The predicted molar refractivity (Wildman–Crippen MR) is 93.4 cm³/mol. The molecule has 132 valence electrons. The minimum absolute atomic E-state index is 0.125. The second-order valence-corrected chi connectivity index (χ2v) is 7.42. The molecule has 0 aliphatic heterocycles. The summed E-state index contributed by atoms with van der Waals surface area (Å²) in [6.45, 7) is 4.18. The summed E-state index contributed by atoms with van der Waals surface area (Å²) in [7, 11) is -3.61. The van der Waals surface area contributed by atoms with Gasteiger partial charge in [0.2, 0.25) is 10.0 Å². The third kappa shape index (κ3) is 3.80. The van der Waals surface area contributed by atoms with Crippen LogP contribution in [0.2, 0.25) is 0 Å². The van der Waals surface area contributed by atoms with Crippen molar-refractivity contribution in [3.05, 3.63) is 54.2 Å². The second kappa shape index (κ2) is 7.20. The maximum atomic E-state index is 12.4. The molecule has 1 aromatic carbocycles. The number of hydrogen-bond acceptors (Lipinski definition) is 5. The summed E-state index contributed by atoms with van der Waals surface area (Å²) in [6.07, 6.45) is 4.28. The van der Waals surface area contributed by atoms with E-state index in [-0.39, 0.29) is 4.90 Å². The molecule has 3 rings (SSSR count). The van der Waals surface area contributed by atoms with Crippen LogP contribution in [-0.4, -0.2) is 29.7 Å². The highest BCUT2D eigenvalue weighted by molar-refractivity contribution is 7.89. The van der Waals surface area contributed by atoms with Gasteiger partial charge in [0.25, 0.3) is 0 Å². The van der Waals surface area contributed by atoms with E-state index < -0.39 is 10.0 Å². The summed E-state index contributed by atoms with van der Waals surface area (Å²) in [5.41, 5.74) is 1.40. The van der Waals surface area contributed by atoms with Crippen molar-refractivity contribution in [1.29, 1.82) is 0 Å². The number of nitrogens with zero attached hydrogens (tertiary/aromatic N) is 3. The zero-order valence-corrected chi connectivity index (χ0v) is 15.0. The molecule has 2 aromatic heterocycles. The van der Waals surface area contributed by atoms with Crippen LogP contribution in [0.4, 0.5) is 0 Å². The van der Waals surface area contributed by atoms with Gasteiger partial charge in [-0.05, 0) is 20.3 Å². The minimum atomic E-state index is -3.61. The fourth-order valence-electron chi connectivity index (χ4n) is 2.72. The summed E-state index contributed by atoms with van der Waals surface area (Å²) < 4.78 is 34.3. The molecule has 0 amide bonds. The number of hydrogen-bond donors (Lipinski definition) is 1. The SMILES string of the molecule is Cc1noc(C)c1S(=O)(=O)NCCCn1ccnc1-c1ccccc1. The van der Waals surface area contributed by atoms with Crippen molar-refractivity contribution in [3.8, 4) is 11.4 Å². The van der Waals surface area contributed by atoms with E-state index in [2.05, 4.69) is 14.9 Å². The first kappa shape index (κ1) is 17.4. The third-order valence-electron chi connectivity index (χ3n) is 3.85. The molecule has 0 spiro atoms. The van der Waals surface area contributed by atoms with Crippen molar-refractivity contribution in [3.63, 3.8) is 0 Å². The Labute approximate surface area is 146 Å². The highest BCUT2D eigenvalue weighted by Gasteiger charge is 2.23. The summed E-state index contributed by atoms with van der Waals surface area (Å²) >= 11 is 0. The standard InChI is InChI=1S/C17H20N4O3S/c1-13-16(14(2)24-20-13)25(22,23)19-9-6-11-21-12-10-18-17(21)15-7-4-3-5-8-15/h3-5,7-8,10,12,19H,6,9,11H2,1-2H3. The van der Waals surface area contributed by atoms with Crippen LogP contribution in [0.5, 0.6) is 0 Å². The topological polar surface area (TPSA) is 90.0 Å². The number of aromatic nitrogens is 3. The molecule has 0 fully saturated rings. The minimum Gasteiger partial charge on any atom is -0.360 e. The molecule has 7 nitrogen and oxygen atoms in total. The van der Waals surface area contributed by atoms with Gasteiger partial charge >= 0.3 is 0 Å². The van der Waals surface area contributed by atoms with Crippen LogP contribution >= 0.6 is 0 Å². The van der Waals surface area contributed by atoms with Crippen molar-refractivity contribution in [2.45, 2.75) is 31.7 Å². The van der Waals surface area contributed by atoms with Gasteiger partial charge in [0.05, 0.1) is 0 Å². The van der Waals surface area contributed by atoms with Gasteiger partial charge in [-0.25, -0.2) is 18.1 Å². The third-order valence-corrected chi connectivity index (χ3v) is 5.56. The maximum Gasteiger partial charge on any atom is 0.245 e. The van der Waals surface area contributed by atoms with Crippen LogP contribution in [-0.2, 0) is 16.6 Å². The molecule has 0 saturated carbocycles. The lowest BCUT2D eigenvalue weighted by Gasteiger charge is -2.09. The highest BCUT2D eigenvalue weighted by Crippen LogP contribution is 2.19. The molecule has 0 unspecified atom stereocenters. The summed E-state index contributed by atoms with van der Waals surface area (Å²) in [5.74, 6) is 1.17. The molecule has 0 bridgehead atoms. The zero-order chi connectivity index (χ0) is 17.9. The van der Waals surface area contributed by atoms with Crippen molar-refractivity contribution in [2.75, 3.05) is 6.54 Å². The normalized spacial score (nSPS) is 11.8. The lowest BCUT2D eigenvalue weighted by atomic mass is 10.2. The average Bonchev–Trinajstić information content (AvgIpc) is 3.19. The number of sulfonamides is 1. The van der Waals surface area contributed by atoms with E-state index in [1.165, 1.54) is 0 Å². The summed E-state index contributed by atoms with van der Waals surface area (Å²) in [6, 6.07) is 9.89. The van der Waals surface area contributed by atoms with Crippen LogP contribution in [0.25, 0.3) is 11.4 Å². The Morgan fingerprint density at radius 3 is 2.64 bits per heavy atom. The van der Waals surface area contributed by atoms with Crippen molar-refractivity contribution < 1.29 is 12.9 Å². The Balaban J connectivity index is 1.61. The van der Waals surface area contributed by atoms with E-state index in [0.717, 1.165) is 11.4 Å². The number of rotatable bonds is 7. The molecule has 3 aromatic rings. The van der Waals surface area contributed by atoms with Crippen molar-refractivity contribution >= 4 is 10.0 Å². The molecule has 0 atom stereocenters. The van der Waals surface area contributed by atoms with Crippen LogP contribution in [0.1, 0.15) is 17.9 Å². The molecule has 0 aliphatic carbocycles. The van der Waals surface area contributed by atoms with E-state index in [1.54, 1.807) is 20.0 Å². The molecule has 8 heteroatoms. The first-order chi connectivity index (χ1) is 12.0. The van der Waals surface area contributed by atoms with Gasteiger partial charge in [0.15, 0.2) is 5.76 Å². The molecular formula is C17H20N4O3S. The van der Waals surface area contributed by atoms with Gasteiger partial charge in [-0.15, -0.1) is 0 Å². The quantitative estimate of drug-likeness (QED) is 0.654. The van der Waals surface area contributed by atoms with E-state index in [4.69, 9.17) is 4.52 Å². The molecule has 25 heavy (non-hydrogen) atoms. The smallest absolute Gasteiger partial charge is 0.245 e. The van der Waals surface area contributed by atoms with Gasteiger partial charge in [-0.1, -0.05) is 35.5 Å². The van der Waals surface area contributed by atoms with Crippen LogP contribution in [0, 0.1) is 13.8 Å². The van der Waals surface area contributed by atoms with Crippen molar-refractivity contribution in [2.24, 2.45) is 0 Å². The van der Waals surface area contributed by atoms with Crippen molar-refractivity contribution in [1.82, 2.24) is 19.4 Å². The Morgan fingerprint density at radius 1 is 1.20 bits per heavy atom. The van der Waals surface area contributed by atoms with E-state index >= 15 is 0 Å². The van der Waals surface area contributed by atoms with E-state index in [9.17, 15) is 8.42 Å². The molecule has 0 aliphatic rings. The Kier molecular flexibility index (Phi) is 5.00. The van der Waals surface area contributed by atoms with E-state index in [0.29, 0.717) is 31.0 Å². The fraction of sp³-hybridized carbons (Fsp3) is 0.294. The van der Waals surface area contributed by atoms with Crippen LogP contribution in [0.15, 0.2) is 52.1 Å². The van der Waals surface area contributed by atoms with Gasteiger partial charge in [0, 0.05) is 31.0 Å². The summed E-state index contributed by atoms with van der Waals surface area (Å²) in [4.78, 5) is 4.51. The molecule has 0 radical (unpaired) electrons. The van der Waals surface area contributed by atoms with Gasteiger partial charge in [0.1, 0.15) is 16.4 Å². The van der Waals surface area contributed by atoms with Crippen LogP contribution in [0.3, 0.4) is 0 Å². The fourth-order valence-corrected chi connectivity index (χ4v) is 4.12. The molecular weight excluding hydrogens is 340 g/mol. The van der Waals surface area contributed by atoms with Crippen LogP contribution < -0.4 is 4.72 Å². The monoisotopic (exact) mass is 360 g/mol. The second-order valence-electron chi connectivity index (χ2n) is 5.71. The maximum absolute atomic E-state index is 12.4. The number of aryl methyl sites for hydroxylation is 3. The Hall–Kier alpha value is -2.45. The lowest BCUT2D eigenvalue weighted by Crippen LogP contribution is -2.26. The van der Waals surface area contributed by atoms with Gasteiger partial charge in [-0.3, -0.25) is 0 Å². The first-order valence-electron chi connectivity index (χ1n) is 7.98. The number of nitrogens with one attached hydrogen (secondary N) is 1. The van der Waals surface area contributed by atoms with Gasteiger partial charge < -0.3 is 9.09 Å². The largest absolute Gasteiger partial charge is 0.360 e. The molecule has 2 heterocycles. The number of benzene rings is 1. The Bertz CT molecular complexity index is 926. The summed E-state index contributed by atoms with van der Waals surface area (Å²) in [5, 5.41) is 3.69. The molecule has 0 saturated heterocycles. The number of imidazole rings is 1. The molecule has 1 N–H and O–H groups in total. The highest BCUT2D eigenvalue weighted by atomic mass is 32.2. The van der Waals surface area contributed by atoms with Gasteiger partial charge in [-0.2, -0.15) is 0 Å². The Morgan fingerprint density at radius 2 is 1.96 bits per heavy atom. The first-order valence-corrected chi connectivity index (χ1v) is 9.46.